The summed E-state index contributed by atoms with van der Waals surface area (Å²) in [6.45, 7) is 3.88. The van der Waals surface area contributed by atoms with Gasteiger partial charge in [-0.05, 0) is 37.1 Å². The topological polar surface area (TPSA) is 86.8 Å². The second-order valence-electron chi connectivity index (χ2n) is 7.22. The van der Waals surface area contributed by atoms with Crippen molar-refractivity contribution in [3.05, 3.63) is 64.6 Å². The van der Waals surface area contributed by atoms with E-state index in [1.54, 1.807) is 31.2 Å². The van der Waals surface area contributed by atoms with E-state index in [0.717, 1.165) is 22.5 Å². The molecule has 31 heavy (non-hydrogen) atoms. The third kappa shape index (κ3) is 7.36. The summed E-state index contributed by atoms with van der Waals surface area (Å²) in [5, 5.41) is 2.81. The number of rotatable bonds is 10. The highest BCUT2D eigenvalue weighted by Crippen LogP contribution is 2.23. The van der Waals surface area contributed by atoms with Crippen molar-refractivity contribution in [3.63, 3.8) is 0 Å². The summed E-state index contributed by atoms with van der Waals surface area (Å²) in [5.74, 6) is -0.743. The summed E-state index contributed by atoms with van der Waals surface area (Å²) in [4.78, 5) is 27.3. The molecule has 0 aliphatic heterocycles. The lowest BCUT2D eigenvalue weighted by molar-refractivity contribution is -0.139. The lowest BCUT2D eigenvalue weighted by Gasteiger charge is -2.31. The van der Waals surface area contributed by atoms with Gasteiger partial charge in [0.25, 0.3) is 0 Å². The minimum absolute atomic E-state index is 0.191. The predicted octanol–water partition coefficient (Wildman–Crippen LogP) is 3.16. The molecule has 1 atom stereocenters. The molecule has 9 heteroatoms. The largest absolute Gasteiger partial charge is 0.354 e. The molecule has 7 nitrogen and oxygen atoms in total. The highest BCUT2D eigenvalue weighted by Gasteiger charge is 2.29. The Hall–Kier alpha value is -2.39. The molecule has 0 unspecified atom stereocenters. The van der Waals surface area contributed by atoms with Gasteiger partial charge in [-0.25, -0.2) is 8.42 Å². The second kappa shape index (κ2) is 11.3. The van der Waals surface area contributed by atoms with Gasteiger partial charge < -0.3 is 10.2 Å². The standard InChI is InChI=1S/C22H28BrN3O4S/c1-4-13-24-22(28)17(2)25(15-18-9-6-5-7-10-18)21(27)16-26(31(3,29)30)20-12-8-11-19(23)14-20/h5-12,14,17H,4,13,15-16H2,1-3H3,(H,24,28)/t17-/m1/s1. The summed E-state index contributed by atoms with van der Waals surface area (Å²) >= 11 is 3.33. The maximum absolute atomic E-state index is 13.3. The number of nitrogens with one attached hydrogen (secondary N) is 1. The Labute approximate surface area is 192 Å². The van der Waals surface area contributed by atoms with Gasteiger partial charge in [0.2, 0.25) is 21.8 Å². The van der Waals surface area contributed by atoms with Gasteiger partial charge in [0.05, 0.1) is 11.9 Å². The van der Waals surface area contributed by atoms with Crippen LogP contribution in [0.5, 0.6) is 0 Å². The third-order valence-corrected chi connectivity index (χ3v) is 6.32. The molecule has 2 aromatic carbocycles. The van der Waals surface area contributed by atoms with E-state index in [1.807, 2.05) is 37.3 Å². The molecule has 2 rings (SSSR count). The SMILES string of the molecule is CCCNC(=O)[C@@H](C)N(Cc1ccccc1)C(=O)CN(c1cccc(Br)c1)S(C)(=O)=O. The van der Waals surface area contributed by atoms with Crippen LogP contribution in [-0.4, -0.2) is 50.5 Å². The van der Waals surface area contributed by atoms with Crippen molar-refractivity contribution in [2.45, 2.75) is 32.9 Å². The normalized spacial score (nSPS) is 12.1. The van der Waals surface area contributed by atoms with E-state index in [-0.39, 0.29) is 12.5 Å². The minimum atomic E-state index is -3.73. The molecule has 0 aromatic heterocycles. The van der Waals surface area contributed by atoms with Crippen molar-refractivity contribution in [2.75, 3.05) is 23.7 Å². The molecule has 0 aliphatic rings. The molecular formula is C22H28BrN3O4S. The van der Waals surface area contributed by atoms with Crippen LogP contribution >= 0.6 is 15.9 Å². The second-order valence-corrected chi connectivity index (χ2v) is 10.0. The molecule has 2 aromatic rings. The molecule has 0 bridgehead atoms. The summed E-state index contributed by atoms with van der Waals surface area (Å²) in [6.07, 6.45) is 1.83. The van der Waals surface area contributed by atoms with Gasteiger partial charge in [0.1, 0.15) is 12.6 Å². The minimum Gasteiger partial charge on any atom is -0.354 e. The quantitative estimate of drug-likeness (QED) is 0.532. The number of sulfonamides is 1. The number of hydrogen-bond acceptors (Lipinski definition) is 4. The summed E-state index contributed by atoms with van der Waals surface area (Å²) in [7, 11) is -3.73. The van der Waals surface area contributed by atoms with E-state index in [4.69, 9.17) is 0 Å². The van der Waals surface area contributed by atoms with Gasteiger partial charge in [-0.3, -0.25) is 13.9 Å². The Morgan fingerprint density at radius 3 is 2.35 bits per heavy atom. The number of nitrogens with zero attached hydrogens (tertiary/aromatic N) is 2. The Morgan fingerprint density at radius 2 is 1.77 bits per heavy atom. The zero-order chi connectivity index (χ0) is 23.0. The van der Waals surface area contributed by atoms with Gasteiger partial charge in [0.15, 0.2) is 0 Å². The van der Waals surface area contributed by atoms with Crippen molar-refractivity contribution in [3.8, 4) is 0 Å². The molecule has 0 saturated carbocycles. The monoisotopic (exact) mass is 509 g/mol. The number of amides is 2. The highest BCUT2D eigenvalue weighted by atomic mass is 79.9. The van der Waals surface area contributed by atoms with Crippen LogP contribution < -0.4 is 9.62 Å². The molecule has 0 radical (unpaired) electrons. The van der Waals surface area contributed by atoms with E-state index in [1.165, 1.54) is 4.90 Å². The first-order valence-electron chi connectivity index (χ1n) is 9.98. The van der Waals surface area contributed by atoms with Crippen molar-refractivity contribution in [2.24, 2.45) is 0 Å². The first kappa shape index (κ1) is 24.9. The maximum atomic E-state index is 13.3. The number of carbonyl (C=O) groups is 2. The molecule has 0 aliphatic carbocycles. The van der Waals surface area contributed by atoms with E-state index < -0.39 is 28.5 Å². The fourth-order valence-corrected chi connectivity index (χ4v) is 4.23. The Morgan fingerprint density at radius 1 is 1.10 bits per heavy atom. The molecule has 168 valence electrons. The number of hydrogen-bond donors (Lipinski definition) is 1. The molecule has 0 fully saturated rings. The fourth-order valence-electron chi connectivity index (χ4n) is 3.00. The number of carbonyl (C=O) groups excluding carboxylic acids is 2. The first-order chi connectivity index (χ1) is 14.6. The number of benzene rings is 2. The predicted molar refractivity (Wildman–Crippen MR) is 126 cm³/mol. The Kier molecular flexibility index (Phi) is 9.06. The third-order valence-electron chi connectivity index (χ3n) is 4.69. The molecule has 0 spiro atoms. The van der Waals surface area contributed by atoms with Crippen LogP contribution in [0, 0.1) is 0 Å². The van der Waals surface area contributed by atoms with Gasteiger partial charge in [0, 0.05) is 17.6 Å². The van der Waals surface area contributed by atoms with Crippen LogP contribution in [-0.2, 0) is 26.2 Å². The van der Waals surface area contributed by atoms with Crippen molar-refractivity contribution >= 4 is 43.5 Å². The average molecular weight is 510 g/mol. The van der Waals surface area contributed by atoms with Crippen molar-refractivity contribution in [1.29, 1.82) is 0 Å². The molecule has 0 saturated heterocycles. The van der Waals surface area contributed by atoms with Crippen molar-refractivity contribution in [1.82, 2.24) is 10.2 Å². The van der Waals surface area contributed by atoms with Gasteiger partial charge in [-0.15, -0.1) is 0 Å². The Bertz CT molecular complexity index is 999. The van der Waals surface area contributed by atoms with Gasteiger partial charge >= 0.3 is 0 Å². The van der Waals surface area contributed by atoms with E-state index in [9.17, 15) is 18.0 Å². The molecule has 1 N–H and O–H groups in total. The summed E-state index contributed by atoms with van der Waals surface area (Å²) in [5.41, 5.74) is 1.22. The van der Waals surface area contributed by atoms with Crippen LogP contribution in [0.4, 0.5) is 5.69 Å². The molecule has 2 amide bonds. The summed E-state index contributed by atoms with van der Waals surface area (Å²) in [6, 6.07) is 15.3. The fraction of sp³-hybridized carbons (Fsp3) is 0.364. The van der Waals surface area contributed by atoms with Crippen LogP contribution in [0.25, 0.3) is 0 Å². The zero-order valence-electron chi connectivity index (χ0n) is 17.9. The van der Waals surface area contributed by atoms with E-state index in [2.05, 4.69) is 21.2 Å². The molecule has 0 heterocycles. The maximum Gasteiger partial charge on any atom is 0.244 e. The first-order valence-corrected chi connectivity index (χ1v) is 12.6. The van der Waals surface area contributed by atoms with Crippen LogP contribution in [0.1, 0.15) is 25.8 Å². The smallest absolute Gasteiger partial charge is 0.244 e. The summed E-state index contributed by atoms with van der Waals surface area (Å²) < 4.78 is 26.7. The van der Waals surface area contributed by atoms with Crippen LogP contribution in [0.2, 0.25) is 0 Å². The Balaban J connectivity index is 2.34. The molecular weight excluding hydrogens is 482 g/mol. The van der Waals surface area contributed by atoms with Gasteiger partial charge in [-0.1, -0.05) is 59.3 Å². The van der Waals surface area contributed by atoms with E-state index in [0.29, 0.717) is 16.7 Å². The van der Waals surface area contributed by atoms with Crippen LogP contribution in [0.3, 0.4) is 0 Å². The number of anilines is 1. The van der Waals surface area contributed by atoms with Crippen LogP contribution in [0.15, 0.2) is 59.1 Å². The highest BCUT2D eigenvalue weighted by molar-refractivity contribution is 9.10. The van der Waals surface area contributed by atoms with E-state index >= 15 is 0 Å². The number of halogens is 1. The van der Waals surface area contributed by atoms with Gasteiger partial charge in [-0.2, -0.15) is 0 Å². The lowest BCUT2D eigenvalue weighted by atomic mass is 10.1. The van der Waals surface area contributed by atoms with Crippen molar-refractivity contribution < 1.29 is 18.0 Å². The zero-order valence-corrected chi connectivity index (χ0v) is 20.3. The lowest BCUT2D eigenvalue weighted by Crippen LogP contribution is -2.51. The average Bonchev–Trinajstić information content (AvgIpc) is 2.73.